The van der Waals surface area contributed by atoms with E-state index in [0.717, 1.165) is 25.1 Å². The summed E-state index contributed by atoms with van der Waals surface area (Å²) in [6.45, 7) is 2.20. The van der Waals surface area contributed by atoms with Crippen LogP contribution in [0.3, 0.4) is 0 Å². The van der Waals surface area contributed by atoms with Crippen molar-refractivity contribution in [3.8, 4) is 0 Å². The van der Waals surface area contributed by atoms with E-state index in [0.29, 0.717) is 0 Å². The van der Waals surface area contributed by atoms with E-state index < -0.39 is 6.10 Å². The van der Waals surface area contributed by atoms with Gasteiger partial charge in [0.2, 0.25) is 0 Å². The average molecular weight is 295 g/mol. The van der Waals surface area contributed by atoms with E-state index in [4.69, 9.17) is 0 Å². The highest BCUT2D eigenvalue weighted by molar-refractivity contribution is 5.22. The molecule has 1 N–H and O–H groups in total. The molecule has 0 bridgehead atoms. The lowest BCUT2D eigenvalue weighted by Crippen LogP contribution is -2.44. The van der Waals surface area contributed by atoms with Crippen LogP contribution >= 0.6 is 0 Å². The lowest BCUT2D eigenvalue weighted by molar-refractivity contribution is 0.0373. The summed E-state index contributed by atoms with van der Waals surface area (Å²) in [7, 11) is 0. The topological polar surface area (TPSA) is 23.5 Å². The Kier molecular flexibility index (Phi) is 5.25. The summed E-state index contributed by atoms with van der Waals surface area (Å²) in [5.74, 6) is 0. The van der Waals surface area contributed by atoms with Crippen LogP contribution < -0.4 is 0 Å². The van der Waals surface area contributed by atoms with Crippen LogP contribution in [0.15, 0.2) is 60.7 Å². The van der Waals surface area contributed by atoms with Crippen molar-refractivity contribution in [2.75, 3.05) is 13.1 Å². The molecule has 1 saturated heterocycles. The van der Waals surface area contributed by atoms with E-state index in [2.05, 4.69) is 29.2 Å². The van der Waals surface area contributed by atoms with Gasteiger partial charge in [-0.2, -0.15) is 0 Å². The van der Waals surface area contributed by atoms with Crippen LogP contribution in [-0.2, 0) is 6.42 Å². The van der Waals surface area contributed by atoms with Gasteiger partial charge < -0.3 is 5.11 Å². The minimum absolute atomic E-state index is 0.157. The summed E-state index contributed by atoms with van der Waals surface area (Å²) in [5, 5.41) is 11.0. The molecule has 22 heavy (non-hydrogen) atoms. The Hall–Kier alpha value is -1.64. The highest BCUT2D eigenvalue weighted by Crippen LogP contribution is 2.26. The van der Waals surface area contributed by atoms with Crippen LogP contribution in [0.2, 0.25) is 0 Å². The summed E-state index contributed by atoms with van der Waals surface area (Å²) in [6.07, 6.45) is 4.27. The molecule has 0 aliphatic carbocycles. The Morgan fingerprint density at radius 1 is 0.818 bits per heavy atom. The van der Waals surface area contributed by atoms with Crippen molar-refractivity contribution in [1.82, 2.24) is 4.90 Å². The number of likely N-dealkylation sites (tertiary alicyclic amines) is 1. The zero-order valence-electron chi connectivity index (χ0n) is 13.1. The number of hydrogen-bond acceptors (Lipinski definition) is 2. The van der Waals surface area contributed by atoms with Gasteiger partial charge in [-0.05, 0) is 43.5 Å². The lowest BCUT2D eigenvalue weighted by atomic mass is 9.93. The fourth-order valence-electron chi connectivity index (χ4n) is 3.42. The van der Waals surface area contributed by atoms with Gasteiger partial charge in [0.15, 0.2) is 0 Å². The SMILES string of the molecule is O[C@@H](c1ccccc1)[C@H](Cc1ccccc1)N1CCCCC1. The largest absolute Gasteiger partial charge is 0.387 e. The Morgan fingerprint density at radius 3 is 2.05 bits per heavy atom. The second-order valence-corrected chi connectivity index (χ2v) is 6.21. The molecule has 2 aromatic carbocycles. The number of rotatable bonds is 5. The highest BCUT2D eigenvalue weighted by atomic mass is 16.3. The maximum atomic E-state index is 11.0. The van der Waals surface area contributed by atoms with Gasteiger partial charge in [-0.3, -0.25) is 4.90 Å². The molecule has 116 valence electrons. The molecule has 0 saturated carbocycles. The summed E-state index contributed by atoms with van der Waals surface area (Å²) in [5.41, 5.74) is 2.32. The van der Waals surface area contributed by atoms with Crippen molar-refractivity contribution in [3.05, 3.63) is 71.8 Å². The molecule has 2 heteroatoms. The first-order valence-electron chi connectivity index (χ1n) is 8.35. The zero-order chi connectivity index (χ0) is 15.2. The minimum Gasteiger partial charge on any atom is -0.387 e. The molecular formula is C20H25NO. The van der Waals surface area contributed by atoms with Gasteiger partial charge in [-0.1, -0.05) is 67.1 Å². The Bertz CT molecular complexity index is 548. The fourth-order valence-corrected chi connectivity index (χ4v) is 3.42. The van der Waals surface area contributed by atoms with Crippen LogP contribution in [0.4, 0.5) is 0 Å². The number of benzene rings is 2. The van der Waals surface area contributed by atoms with Gasteiger partial charge >= 0.3 is 0 Å². The molecule has 1 heterocycles. The van der Waals surface area contributed by atoms with Crippen LogP contribution in [0, 0.1) is 0 Å². The maximum absolute atomic E-state index is 11.0. The first kappa shape index (κ1) is 15.3. The summed E-state index contributed by atoms with van der Waals surface area (Å²) >= 11 is 0. The molecule has 1 aliphatic rings. The van der Waals surface area contributed by atoms with Gasteiger partial charge in [-0.25, -0.2) is 0 Å². The van der Waals surface area contributed by atoms with E-state index in [9.17, 15) is 5.11 Å². The van der Waals surface area contributed by atoms with Gasteiger partial charge in [0.05, 0.1) is 6.10 Å². The van der Waals surface area contributed by atoms with Crippen LogP contribution in [0.25, 0.3) is 0 Å². The summed E-state index contributed by atoms with van der Waals surface area (Å²) in [4.78, 5) is 2.48. The van der Waals surface area contributed by atoms with Crippen LogP contribution in [-0.4, -0.2) is 29.1 Å². The molecule has 0 unspecified atom stereocenters. The monoisotopic (exact) mass is 295 g/mol. The Morgan fingerprint density at radius 2 is 1.41 bits per heavy atom. The predicted molar refractivity (Wildman–Crippen MR) is 90.8 cm³/mol. The number of aliphatic hydroxyl groups excluding tert-OH is 1. The zero-order valence-corrected chi connectivity index (χ0v) is 13.1. The standard InChI is InChI=1S/C20H25NO/c22-20(18-12-6-2-7-13-18)19(21-14-8-3-9-15-21)16-17-10-4-1-5-11-17/h1-2,4-7,10-13,19-20,22H,3,8-9,14-16H2/t19-,20-/m0/s1. The van der Waals surface area contributed by atoms with E-state index in [1.807, 2.05) is 36.4 Å². The Labute approximate surface area is 133 Å². The van der Waals surface area contributed by atoms with Gasteiger partial charge in [0, 0.05) is 6.04 Å². The number of aliphatic hydroxyl groups is 1. The summed E-state index contributed by atoms with van der Waals surface area (Å²) in [6, 6.07) is 20.8. The molecule has 2 atom stereocenters. The van der Waals surface area contributed by atoms with E-state index in [1.165, 1.54) is 24.8 Å². The predicted octanol–water partition coefficient (Wildman–Crippen LogP) is 3.82. The smallest absolute Gasteiger partial charge is 0.0948 e. The van der Waals surface area contributed by atoms with Crippen molar-refractivity contribution in [2.24, 2.45) is 0 Å². The number of nitrogens with zero attached hydrogens (tertiary/aromatic N) is 1. The second-order valence-electron chi connectivity index (χ2n) is 6.21. The first-order chi connectivity index (χ1) is 10.8. The van der Waals surface area contributed by atoms with Crippen LogP contribution in [0.1, 0.15) is 36.5 Å². The van der Waals surface area contributed by atoms with E-state index in [1.54, 1.807) is 0 Å². The quantitative estimate of drug-likeness (QED) is 0.906. The number of piperidine rings is 1. The number of hydrogen-bond donors (Lipinski definition) is 1. The van der Waals surface area contributed by atoms with Gasteiger partial charge in [0.25, 0.3) is 0 Å². The molecule has 0 amide bonds. The molecule has 3 rings (SSSR count). The maximum Gasteiger partial charge on any atom is 0.0948 e. The molecule has 0 radical (unpaired) electrons. The van der Waals surface area contributed by atoms with Crippen molar-refractivity contribution in [1.29, 1.82) is 0 Å². The van der Waals surface area contributed by atoms with E-state index in [-0.39, 0.29) is 6.04 Å². The molecule has 2 aromatic rings. The molecule has 1 aliphatic heterocycles. The first-order valence-corrected chi connectivity index (χ1v) is 8.35. The molecule has 0 spiro atoms. The van der Waals surface area contributed by atoms with Crippen molar-refractivity contribution < 1.29 is 5.11 Å². The normalized spacial score (nSPS) is 18.8. The van der Waals surface area contributed by atoms with Gasteiger partial charge in [0.1, 0.15) is 0 Å². The molecular weight excluding hydrogens is 270 g/mol. The highest BCUT2D eigenvalue weighted by Gasteiger charge is 2.28. The minimum atomic E-state index is -0.431. The third kappa shape index (κ3) is 3.76. The lowest BCUT2D eigenvalue weighted by Gasteiger charge is -2.37. The third-order valence-electron chi connectivity index (χ3n) is 4.65. The molecule has 0 aromatic heterocycles. The Balaban J connectivity index is 1.81. The van der Waals surface area contributed by atoms with Crippen molar-refractivity contribution >= 4 is 0 Å². The molecule has 2 nitrogen and oxygen atoms in total. The molecule has 1 fully saturated rings. The second kappa shape index (κ2) is 7.57. The van der Waals surface area contributed by atoms with Crippen molar-refractivity contribution in [3.63, 3.8) is 0 Å². The average Bonchev–Trinajstić information content (AvgIpc) is 2.61. The van der Waals surface area contributed by atoms with Gasteiger partial charge in [-0.15, -0.1) is 0 Å². The fraction of sp³-hybridized carbons (Fsp3) is 0.400. The van der Waals surface area contributed by atoms with Crippen LogP contribution in [0.5, 0.6) is 0 Å². The van der Waals surface area contributed by atoms with Crippen molar-refractivity contribution in [2.45, 2.75) is 37.8 Å². The summed E-state index contributed by atoms with van der Waals surface area (Å²) < 4.78 is 0. The van der Waals surface area contributed by atoms with E-state index >= 15 is 0 Å². The third-order valence-corrected chi connectivity index (χ3v) is 4.65.